The molecular formula is C10H15N3O2. The number of hydrogen-bond acceptors (Lipinski definition) is 3. The molecule has 0 saturated heterocycles. The second kappa shape index (κ2) is 3.56. The number of aromatic nitrogens is 2. The third kappa shape index (κ3) is 1.69. The summed E-state index contributed by atoms with van der Waals surface area (Å²) in [7, 11) is 0. The summed E-state index contributed by atoms with van der Waals surface area (Å²) >= 11 is 0. The number of fused-ring (bicyclic) bond motifs is 1. The van der Waals surface area contributed by atoms with E-state index in [-0.39, 0.29) is 5.69 Å². The fraction of sp³-hybridized carbons (Fsp3) is 0.600. The van der Waals surface area contributed by atoms with Gasteiger partial charge in [-0.15, -0.1) is 0 Å². The zero-order valence-corrected chi connectivity index (χ0v) is 8.90. The number of carbonyl (C=O) groups is 1. The fourth-order valence-electron chi connectivity index (χ4n) is 1.97. The predicted octanol–water partition coefficient (Wildman–Crippen LogP) is 1.59. The highest BCUT2D eigenvalue weighted by molar-refractivity contribution is 5.86. The Morgan fingerprint density at radius 3 is 3.07 bits per heavy atom. The fourth-order valence-corrected chi connectivity index (χ4v) is 1.97. The number of aromatic carboxylic acids is 1. The van der Waals surface area contributed by atoms with Crippen LogP contribution >= 0.6 is 0 Å². The number of carboxylic acid groups (broad SMARTS) is 1. The lowest BCUT2D eigenvalue weighted by Crippen LogP contribution is -2.26. The average molecular weight is 209 g/mol. The van der Waals surface area contributed by atoms with Crippen LogP contribution in [0.4, 0.5) is 5.82 Å². The molecule has 0 amide bonds. The van der Waals surface area contributed by atoms with Gasteiger partial charge in [-0.3, -0.25) is 0 Å². The van der Waals surface area contributed by atoms with E-state index in [1.54, 1.807) is 10.7 Å². The lowest BCUT2D eigenvalue weighted by atomic mass is 10.00. The average Bonchev–Trinajstić information content (AvgIpc) is 2.60. The van der Waals surface area contributed by atoms with Gasteiger partial charge in [0.15, 0.2) is 5.69 Å². The molecule has 15 heavy (non-hydrogen) atoms. The maximum atomic E-state index is 10.8. The van der Waals surface area contributed by atoms with Gasteiger partial charge in [-0.2, -0.15) is 5.10 Å². The Balaban J connectivity index is 2.38. The van der Waals surface area contributed by atoms with E-state index < -0.39 is 5.97 Å². The smallest absolute Gasteiger partial charge is 0.356 e. The van der Waals surface area contributed by atoms with E-state index in [4.69, 9.17) is 5.11 Å². The zero-order valence-electron chi connectivity index (χ0n) is 8.90. The molecule has 2 rings (SSSR count). The van der Waals surface area contributed by atoms with Gasteiger partial charge in [-0.25, -0.2) is 9.48 Å². The van der Waals surface area contributed by atoms with Crippen molar-refractivity contribution in [1.82, 2.24) is 9.78 Å². The molecule has 1 unspecified atom stereocenters. The van der Waals surface area contributed by atoms with Gasteiger partial charge in [-0.1, -0.05) is 13.8 Å². The molecule has 1 atom stereocenters. The minimum absolute atomic E-state index is 0.116. The molecule has 0 saturated carbocycles. The van der Waals surface area contributed by atoms with Crippen molar-refractivity contribution in [2.45, 2.75) is 26.3 Å². The van der Waals surface area contributed by atoms with Gasteiger partial charge in [0.05, 0.1) is 6.04 Å². The molecule has 0 fully saturated rings. The molecule has 1 aliphatic heterocycles. The van der Waals surface area contributed by atoms with Gasteiger partial charge in [0, 0.05) is 12.6 Å². The molecule has 0 aliphatic carbocycles. The summed E-state index contributed by atoms with van der Waals surface area (Å²) in [5, 5.41) is 16.1. The summed E-state index contributed by atoms with van der Waals surface area (Å²) in [4.78, 5) is 10.8. The highest BCUT2D eigenvalue weighted by Crippen LogP contribution is 2.29. The Labute approximate surface area is 88.1 Å². The van der Waals surface area contributed by atoms with Crippen LogP contribution in [0, 0.1) is 5.92 Å². The molecule has 0 radical (unpaired) electrons. The van der Waals surface area contributed by atoms with Crippen molar-refractivity contribution < 1.29 is 9.90 Å². The van der Waals surface area contributed by atoms with Crippen molar-refractivity contribution in [3.63, 3.8) is 0 Å². The van der Waals surface area contributed by atoms with Crippen molar-refractivity contribution in [1.29, 1.82) is 0 Å². The second-order valence-electron chi connectivity index (χ2n) is 4.19. The first-order valence-corrected chi connectivity index (χ1v) is 5.16. The van der Waals surface area contributed by atoms with Crippen LogP contribution in [-0.4, -0.2) is 27.4 Å². The minimum Gasteiger partial charge on any atom is -0.476 e. The van der Waals surface area contributed by atoms with Crippen molar-refractivity contribution >= 4 is 11.8 Å². The van der Waals surface area contributed by atoms with E-state index in [2.05, 4.69) is 24.3 Å². The van der Waals surface area contributed by atoms with Crippen LogP contribution in [0.15, 0.2) is 6.07 Å². The molecule has 1 aromatic heterocycles. The maximum absolute atomic E-state index is 10.8. The number of hydrogen-bond donors (Lipinski definition) is 2. The van der Waals surface area contributed by atoms with E-state index in [1.807, 2.05) is 0 Å². The summed E-state index contributed by atoms with van der Waals surface area (Å²) in [5.41, 5.74) is 0.116. The van der Waals surface area contributed by atoms with E-state index in [9.17, 15) is 4.79 Å². The number of anilines is 1. The van der Waals surface area contributed by atoms with E-state index >= 15 is 0 Å². The highest BCUT2D eigenvalue weighted by Gasteiger charge is 2.25. The van der Waals surface area contributed by atoms with Gasteiger partial charge in [-0.05, 0) is 12.3 Å². The summed E-state index contributed by atoms with van der Waals surface area (Å²) < 4.78 is 1.80. The van der Waals surface area contributed by atoms with Crippen LogP contribution in [0.3, 0.4) is 0 Å². The lowest BCUT2D eigenvalue weighted by molar-refractivity contribution is 0.0688. The molecule has 5 heteroatoms. The first-order valence-electron chi connectivity index (χ1n) is 5.16. The maximum Gasteiger partial charge on any atom is 0.356 e. The summed E-state index contributed by atoms with van der Waals surface area (Å²) in [6.45, 7) is 5.14. The monoisotopic (exact) mass is 209 g/mol. The molecule has 0 bridgehead atoms. The number of nitrogens with zero attached hydrogens (tertiary/aromatic N) is 2. The topological polar surface area (TPSA) is 67.2 Å². The molecule has 2 heterocycles. The number of carboxylic acids is 1. The Kier molecular flexibility index (Phi) is 2.38. The van der Waals surface area contributed by atoms with Crippen molar-refractivity contribution in [2.24, 2.45) is 5.92 Å². The van der Waals surface area contributed by atoms with Crippen LogP contribution in [0.25, 0.3) is 0 Å². The van der Waals surface area contributed by atoms with Gasteiger partial charge < -0.3 is 10.4 Å². The molecule has 0 aromatic carbocycles. The van der Waals surface area contributed by atoms with E-state index in [1.165, 1.54) is 0 Å². The molecule has 1 aliphatic rings. The van der Waals surface area contributed by atoms with Crippen molar-refractivity contribution in [3.8, 4) is 0 Å². The van der Waals surface area contributed by atoms with Crippen LogP contribution in [0.1, 0.15) is 36.8 Å². The summed E-state index contributed by atoms with van der Waals surface area (Å²) in [6.07, 6.45) is 0.991. The second-order valence-corrected chi connectivity index (χ2v) is 4.19. The van der Waals surface area contributed by atoms with Gasteiger partial charge in [0.25, 0.3) is 0 Å². The van der Waals surface area contributed by atoms with Crippen LogP contribution in [-0.2, 0) is 0 Å². The standard InChI is InChI=1S/C10H15N3O2/c1-6(2)8-3-4-11-9-5-7(10(14)15)12-13(8)9/h5-6,8,11H,3-4H2,1-2H3,(H,14,15). The molecule has 2 N–H and O–H groups in total. The third-order valence-corrected chi connectivity index (χ3v) is 2.78. The van der Waals surface area contributed by atoms with Gasteiger partial charge in [0.1, 0.15) is 5.82 Å². The Hall–Kier alpha value is -1.52. The van der Waals surface area contributed by atoms with Crippen LogP contribution in [0.5, 0.6) is 0 Å². The predicted molar refractivity (Wildman–Crippen MR) is 56.2 cm³/mol. The third-order valence-electron chi connectivity index (χ3n) is 2.78. The highest BCUT2D eigenvalue weighted by atomic mass is 16.4. The van der Waals surface area contributed by atoms with Gasteiger partial charge >= 0.3 is 5.97 Å². The number of rotatable bonds is 2. The summed E-state index contributed by atoms with van der Waals surface area (Å²) in [5.74, 6) is 0.311. The van der Waals surface area contributed by atoms with Crippen LogP contribution in [0.2, 0.25) is 0 Å². The minimum atomic E-state index is -0.971. The Morgan fingerprint density at radius 2 is 2.47 bits per heavy atom. The lowest BCUT2D eigenvalue weighted by Gasteiger charge is -2.28. The normalized spacial score (nSPS) is 19.8. The largest absolute Gasteiger partial charge is 0.476 e. The van der Waals surface area contributed by atoms with Crippen molar-refractivity contribution in [2.75, 3.05) is 11.9 Å². The van der Waals surface area contributed by atoms with Crippen LogP contribution < -0.4 is 5.32 Å². The molecular weight excluding hydrogens is 194 g/mol. The van der Waals surface area contributed by atoms with Crippen molar-refractivity contribution in [3.05, 3.63) is 11.8 Å². The SMILES string of the molecule is CC(C)C1CCNc2cc(C(=O)O)nn21. The molecule has 5 nitrogen and oxygen atoms in total. The zero-order chi connectivity index (χ0) is 11.0. The first-order chi connectivity index (χ1) is 7.09. The molecule has 1 aromatic rings. The van der Waals surface area contributed by atoms with Gasteiger partial charge in [0.2, 0.25) is 0 Å². The Bertz CT molecular complexity index is 384. The van der Waals surface area contributed by atoms with E-state index in [0.29, 0.717) is 12.0 Å². The van der Waals surface area contributed by atoms with E-state index in [0.717, 1.165) is 18.8 Å². The molecule has 0 spiro atoms. The molecule has 82 valence electrons. The Morgan fingerprint density at radius 1 is 1.73 bits per heavy atom. The quantitative estimate of drug-likeness (QED) is 0.776. The first kappa shape index (κ1) is 10.0. The summed E-state index contributed by atoms with van der Waals surface area (Å²) in [6, 6.07) is 1.89. The number of nitrogens with one attached hydrogen (secondary N) is 1.